The standard InChI is InChI=1S/C31H41ClN6O5/c1-18(2)42-30(40)37-11-9-31(10-12-37)16-38(17-31)29-19(3)27(26-20(4)36-43-21(26)5)34-28(35-29)24-13-23(7-8-25(24)32)41-15-22(39)14-33-6/h7-8,13,18,22,33,39H,9-12,14-17H2,1-6H3/t22-/m1/s1. The Kier molecular flexibility index (Phi) is 9.15. The van der Waals surface area contributed by atoms with E-state index in [0.29, 0.717) is 47.6 Å². The topological polar surface area (TPSA) is 126 Å². The van der Waals surface area contributed by atoms with Crippen molar-refractivity contribution in [2.75, 3.05) is 51.3 Å². The number of likely N-dealkylation sites (tertiary alicyclic amines) is 1. The third-order valence-electron chi connectivity index (χ3n) is 8.22. The summed E-state index contributed by atoms with van der Waals surface area (Å²) in [6.07, 6.45) is 0.810. The number of hydrogen-bond acceptors (Lipinski definition) is 10. The van der Waals surface area contributed by atoms with E-state index in [0.717, 1.165) is 54.3 Å². The van der Waals surface area contributed by atoms with Gasteiger partial charge in [0.15, 0.2) is 5.82 Å². The number of carbonyl (C=O) groups is 1. The molecule has 2 fully saturated rings. The van der Waals surface area contributed by atoms with Gasteiger partial charge >= 0.3 is 6.09 Å². The molecule has 3 aromatic rings. The molecular weight excluding hydrogens is 572 g/mol. The number of benzene rings is 1. The Bertz CT molecular complexity index is 1440. The maximum absolute atomic E-state index is 12.4. The van der Waals surface area contributed by atoms with Gasteiger partial charge in [-0.25, -0.2) is 14.8 Å². The lowest BCUT2D eigenvalue weighted by atomic mass is 9.72. The largest absolute Gasteiger partial charge is 0.491 e. The summed E-state index contributed by atoms with van der Waals surface area (Å²) in [6, 6.07) is 5.33. The number of rotatable bonds is 9. The van der Waals surface area contributed by atoms with Gasteiger partial charge in [-0.05, 0) is 72.7 Å². The van der Waals surface area contributed by atoms with Gasteiger partial charge in [-0.1, -0.05) is 16.8 Å². The lowest BCUT2D eigenvalue weighted by Crippen LogP contribution is -2.61. The van der Waals surface area contributed by atoms with Crippen molar-refractivity contribution in [1.82, 2.24) is 25.3 Å². The lowest BCUT2D eigenvalue weighted by molar-refractivity contribution is 0.0396. The van der Waals surface area contributed by atoms with Crippen LogP contribution in [0.1, 0.15) is 43.7 Å². The molecule has 0 unspecified atom stereocenters. The number of amides is 1. The van der Waals surface area contributed by atoms with Gasteiger partial charge in [0.2, 0.25) is 0 Å². The molecule has 232 valence electrons. The van der Waals surface area contributed by atoms with E-state index in [1.807, 2.05) is 45.6 Å². The lowest BCUT2D eigenvalue weighted by Gasteiger charge is -2.54. The molecule has 0 aliphatic carbocycles. The zero-order valence-electron chi connectivity index (χ0n) is 25.7. The van der Waals surface area contributed by atoms with Crippen LogP contribution in [0.15, 0.2) is 22.7 Å². The quantitative estimate of drug-likeness (QED) is 0.348. The second-order valence-corrected chi connectivity index (χ2v) is 12.4. The molecule has 2 N–H and O–H groups in total. The normalized spacial score (nSPS) is 16.9. The molecule has 2 saturated heterocycles. The Morgan fingerprint density at radius 1 is 1.19 bits per heavy atom. The number of likely N-dealkylation sites (N-methyl/N-ethyl adjacent to an activating group) is 1. The number of halogens is 1. The van der Waals surface area contributed by atoms with Crippen molar-refractivity contribution in [2.24, 2.45) is 5.41 Å². The zero-order chi connectivity index (χ0) is 30.9. The number of anilines is 1. The first kappa shape index (κ1) is 31.0. The summed E-state index contributed by atoms with van der Waals surface area (Å²) in [7, 11) is 1.78. The van der Waals surface area contributed by atoms with Crippen LogP contribution in [0.5, 0.6) is 5.75 Å². The first-order valence-corrected chi connectivity index (χ1v) is 15.2. The smallest absolute Gasteiger partial charge is 0.410 e. The summed E-state index contributed by atoms with van der Waals surface area (Å²) >= 11 is 6.71. The van der Waals surface area contributed by atoms with Gasteiger partial charge in [-0.2, -0.15) is 0 Å². The van der Waals surface area contributed by atoms with Crippen molar-refractivity contribution >= 4 is 23.5 Å². The van der Waals surface area contributed by atoms with Crippen molar-refractivity contribution in [3.8, 4) is 28.4 Å². The van der Waals surface area contributed by atoms with Gasteiger partial charge in [0.05, 0.1) is 28.1 Å². The summed E-state index contributed by atoms with van der Waals surface area (Å²) in [5.74, 6) is 2.54. The van der Waals surface area contributed by atoms with Gasteiger partial charge in [0.25, 0.3) is 0 Å². The summed E-state index contributed by atoms with van der Waals surface area (Å²) < 4.78 is 16.8. The molecule has 0 saturated carbocycles. The first-order chi connectivity index (χ1) is 20.5. The van der Waals surface area contributed by atoms with Crippen LogP contribution >= 0.6 is 11.6 Å². The molecule has 1 amide bonds. The van der Waals surface area contributed by atoms with Crippen LogP contribution < -0.4 is 15.0 Å². The van der Waals surface area contributed by atoms with E-state index in [1.165, 1.54) is 0 Å². The van der Waals surface area contributed by atoms with Crippen LogP contribution in [0.25, 0.3) is 22.6 Å². The highest BCUT2D eigenvalue weighted by molar-refractivity contribution is 6.33. The SMILES string of the molecule is CNC[C@@H](O)COc1ccc(Cl)c(-c2nc(-c3c(C)noc3C)c(C)c(N3CC4(CCN(C(=O)OC(C)C)CC4)C3)n2)c1. The summed E-state index contributed by atoms with van der Waals surface area (Å²) in [5.41, 5.74) is 4.02. The predicted molar refractivity (Wildman–Crippen MR) is 165 cm³/mol. The fourth-order valence-electron chi connectivity index (χ4n) is 5.92. The number of ether oxygens (including phenoxy) is 2. The molecule has 2 aliphatic rings. The Balaban J connectivity index is 1.44. The number of nitrogens with one attached hydrogen (secondary N) is 1. The van der Waals surface area contributed by atoms with E-state index in [1.54, 1.807) is 19.2 Å². The molecule has 1 spiro atoms. The van der Waals surface area contributed by atoms with E-state index < -0.39 is 6.10 Å². The van der Waals surface area contributed by atoms with Gasteiger partial charge in [0, 0.05) is 49.3 Å². The van der Waals surface area contributed by atoms with Crippen LogP contribution in [-0.2, 0) is 4.74 Å². The van der Waals surface area contributed by atoms with Crippen molar-refractivity contribution in [3.63, 3.8) is 0 Å². The second kappa shape index (κ2) is 12.7. The minimum atomic E-state index is -0.649. The maximum atomic E-state index is 12.4. The number of carbonyl (C=O) groups excluding carboxylic acids is 1. The number of nitrogens with zero attached hydrogens (tertiary/aromatic N) is 5. The third kappa shape index (κ3) is 6.58. The molecule has 2 aliphatic heterocycles. The van der Waals surface area contributed by atoms with Crippen LogP contribution in [0.4, 0.5) is 10.6 Å². The van der Waals surface area contributed by atoms with Crippen LogP contribution in [-0.4, -0.2) is 89.8 Å². The summed E-state index contributed by atoms with van der Waals surface area (Å²) in [6.45, 7) is 13.1. The number of aromatic nitrogens is 3. The van der Waals surface area contributed by atoms with Gasteiger partial charge in [0.1, 0.15) is 30.0 Å². The maximum Gasteiger partial charge on any atom is 0.410 e. The van der Waals surface area contributed by atoms with Gasteiger partial charge in [-0.3, -0.25) is 0 Å². The molecule has 11 nitrogen and oxygen atoms in total. The first-order valence-electron chi connectivity index (χ1n) is 14.8. The molecule has 5 rings (SSSR count). The van der Waals surface area contributed by atoms with Crippen LogP contribution in [0.2, 0.25) is 5.02 Å². The monoisotopic (exact) mass is 612 g/mol. The molecule has 1 aromatic carbocycles. The van der Waals surface area contributed by atoms with Crippen LogP contribution in [0, 0.1) is 26.2 Å². The minimum Gasteiger partial charge on any atom is -0.491 e. The van der Waals surface area contributed by atoms with E-state index >= 15 is 0 Å². The highest BCUT2D eigenvalue weighted by Gasteiger charge is 2.47. The molecule has 0 radical (unpaired) electrons. The van der Waals surface area contributed by atoms with E-state index in [2.05, 4.69) is 15.4 Å². The number of aryl methyl sites for hydroxylation is 2. The Hall–Kier alpha value is -3.41. The van der Waals surface area contributed by atoms with Crippen molar-refractivity contribution in [1.29, 1.82) is 0 Å². The zero-order valence-corrected chi connectivity index (χ0v) is 26.5. The molecule has 12 heteroatoms. The van der Waals surface area contributed by atoms with Gasteiger partial charge < -0.3 is 34.2 Å². The number of aliphatic hydroxyl groups is 1. The number of piperidine rings is 1. The third-order valence-corrected chi connectivity index (χ3v) is 8.55. The van der Waals surface area contributed by atoms with E-state index in [4.69, 9.17) is 35.6 Å². The van der Waals surface area contributed by atoms with Crippen molar-refractivity contribution in [3.05, 3.63) is 40.2 Å². The fraction of sp³-hybridized carbons (Fsp3) is 0.548. The number of aliphatic hydroxyl groups excluding tert-OH is 1. The van der Waals surface area contributed by atoms with E-state index in [9.17, 15) is 9.90 Å². The molecular formula is C31H41ClN6O5. The Morgan fingerprint density at radius 3 is 2.53 bits per heavy atom. The molecule has 2 aromatic heterocycles. The highest BCUT2D eigenvalue weighted by atomic mass is 35.5. The second-order valence-electron chi connectivity index (χ2n) is 12.0. The van der Waals surface area contributed by atoms with Gasteiger partial charge in [-0.15, -0.1) is 0 Å². The molecule has 43 heavy (non-hydrogen) atoms. The Labute approximate surface area is 257 Å². The average molecular weight is 613 g/mol. The van der Waals surface area contributed by atoms with Crippen LogP contribution in [0.3, 0.4) is 0 Å². The Morgan fingerprint density at radius 2 is 1.91 bits per heavy atom. The number of hydrogen-bond donors (Lipinski definition) is 2. The molecule has 1 atom stereocenters. The van der Waals surface area contributed by atoms with E-state index in [-0.39, 0.29) is 24.2 Å². The minimum absolute atomic E-state index is 0.120. The van der Waals surface area contributed by atoms with Crippen molar-refractivity contribution < 1.29 is 23.9 Å². The molecule has 4 heterocycles. The summed E-state index contributed by atoms with van der Waals surface area (Å²) in [5, 5.41) is 17.7. The summed E-state index contributed by atoms with van der Waals surface area (Å²) in [4.78, 5) is 26.6. The van der Waals surface area contributed by atoms with Crippen molar-refractivity contribution in [2.45, 2.75) is 59.7 Å². The molecule has 0 bridgehead atoms. The predicted octanol–water partition coefficient (Wildman–Crippen LogP) is 4.78. The highest BCUT2D eigenvalue weighted by Crippen LogP contribution is 2.45. The fourth-order valence-corrected chi connectivity index (χ4v) is 6.12. The average Bonchev–Trinajstić information content (AvgIpc) is 3.28.